The van der Waals surface area contributed by atoms with Gasteiger partial charge in [-0.05, 0) is 48.2 Å². The van der Waals surface area contributed by atoms with Gasteiger partial charge in [-0.1, -0.05) is 26.0 Å². The molecule has 0 radical (unpaired) electrons. The highest BCUT2D eigenvalue weighted by Gasteiger charge is 2.09. The van der Waals surface area contributed by atoms with Crippen molar-refractivity contribution >= 4 is 0 Å². The molecular weight excluding hydrogens is 544 g/mol. The third kappa shape index (κ3) is 14.0. The van der Waals surface area contributed by atoms with Gasteiger partial charge >= 0.3 is 0 Å². The third-order valence-electron chi connectivity index (χ3n) is 6.26. The largest absolute Gasteiger partial charge is 0.487 e. The van der Waals surface area contributed by atoms with Gasteiger partial charge in [0.25, 0.3) is 0 Å². The molecule has 0 saturated carbocycles. The highest BCUT2D eigenvalue weighted by Crippen LogP contribution is 2.29. The molecule has 1 aliphatic heterocycles. The van der Waals surface area contributed by atoms with Crippen LogP contribution in [0.3, 0.4) is 0 Å². The standard InChI is InChI=1S/C32H48O10/c1-3-27-5-7-29-31(25-27)41-23-19-37-15-11-34-12-16-38-20-24-42-32-26-28(4-2)6-8-30(32)40-22-18-36-14-10-33-9-13-35-17-21-39-29/h5-8,25-26H,3-4,9-24H2,1-2H3. The normalized spacial score (nSPS) is 18.5. The second-order valence-corrected chi connectivity index (χ2v) is 9.34. The van der Waals surface area contributed by atoms with E-state index in [1.165, 1.54) is 11.1 Å². The van der Waals surface area contributed by atoms with Crippen LogP contribution in [0.25, 0.3) is 0 Å². The lowest BCUT2D eigenvalue weighted by molar-refractivity contribution is 0.00248. The van der Waals surface area contributed by atoms with Crippen LogP contribution in [-0.4, -0.2) is 106 Å². The van der Waals surface area contributed by atoms with Crippen LogP contribution in [0.5, 0.6) is 23.0 Å². The quantitative estimate of drug-likeness (QED) is 0.507. The molecule has 10 heteroatoms. The summed E-state index contributed by atoms with van der Waals surface area (Å²) >= 11 is 0. The van der Waals surface area contributed by atoms with Crippen molar-refractivity contribution in [1.29, 1.82) is 0 Å². The molecule has 2 aromatic rings. The SMILES string of the molecule is CCc1ccc2c(c1)OCCOCCOCCOCCOc1cc(CC)ccc1OCCOCCOCCOCCO2. The average Bonchev–Trinajstić information content (AvgIpc) is 3.02. The predicted octanol–water partition coefficient (Wildman–Crippen LogP) is 4.14. The Bertz CT molecular complexity index is 895. The lowest BCUT2D eigenvalue weighted by Gasteiger charge is -2.15. The van der Waals surface area contributed by atoms with Crippen LogP contribution < -0.4 is 18.9 Å². The Hall–Kier alpha value is -2.60. The van der Waals surface area contributed by atoms with Crippen LogP contribution in [0.2, 0.25) is 0 Å². The van der Waals surface area contributed by atoms with E-state index in [1.807, 2.05) is 36.4 Å². The Morgan fingerprint density at radius 3 is 0.905 bits per heavy atom. The highest BCUT2D eigenvalue weighted by molar-refractivity contribution is 5.43. The van der Waals surface area contributed by atoms with Gasteiger partial charge < -0.3 is 47.4 Å². The summed E-state index contributed by atoms with van der Waals surface area (Å²) < 4.78 is 57.5. The summed E-state index contributed by atoms with van der Waals surface area (Å²) in [4.78, 5) is 0. The molecule has 236 valence electrons. The Balaban J connectivity index is 1.43. The molecule has 42 heavy (non-hydrogen) atoms. The van der Waals surface area contributed by atoms with Crippen LogP contribution in [-0.2, 0) is 41.3 Å². The Morgan fingerprint density at radius 2 is 0.619 bits per heavy atom. The van der Waals surface area contributed by atoms with Crippen LogP contribution in [0.4, 0.5) is 0 Å². The first-order valence-electron chi connectivity index (χ1n) is 15.0. The Kier molecular flexibility index (Phi) is 17.8. The average molecular weight is 593 g/mol. The van der Waals surface area contributed by atoms with E-state index in [0.717, 1.165) is 12.8 Å². The van der Waals surface area contributed by atoms with Crippen molar-refractivity contribution in [2.24, 2.45) is 0 Å². The van der Waals surface area contributed by atoms with E-state index in [0.29, 0.717) is 129 Å². The molecule has 0 fully saturated rings. The molecule has 3 rings (SSSR count). The maximum atomic E-state index is 5.96. The van der Waals surface area contributed by atoms with E-state index in [4.69, 9.17) is 47.4 Å². The number of rotatable bonds is 2. The summed E-state index contributed by atoms with van der Waals surface area (Å²) in [5.41, 5.74) is 2.36. The molecule has 0 spiro atoms. The fourth-order valence-corrected chi connectivity index (χ4v) is 3.93. The molecule has 0 unspecified atom stereocenters. The van der Waals surface area contributed by atoms with Crippen LogP contribution in [0.1, 0.15) is 25.0 Å². The van der Waals surface area contributed by atoms with Crippen LogP contribution in [0, 0.1) is 0 Å². The Labute approximate surface area is 250 Å². The molecular formula is C32H48O10. The van der Waals surface area contributed by atoms with E-state index in [9.17, 15) is 0 Å². The number of hydrogen-bond acceptors (Lipinski definition) is 10. The second-order valence-electron chi connectivity index (χ2n) is 9.34. The van der Waals surface area contributed by atoms with Gasteiger partial charge in [0.05, 0.1) is 79.3 Å². The molecule has 1 aliphatic rings. The molecule has 0 saturated heterocycles. The molecule has 0 amide bonds. The predicted molar refractivity (Wildman–Crippen MR) is 159 cm³/mol. The van der Waals surface area contributed by atoms with E-state index in [1.54, 1.807) is 0 Å². The number of fused-ring (bicyclic) bond motifs is 2. The van der Waals surface area contributed by atoms with Gasteiger partial charge in [0.1, 0.15) is 26.4 Å². The van der Waals surface area contributed by atoms with E-state index >= 15 is 0 Å². The summed E-state index contributed by atoms with van der Waals surface area (Å²) in [6.45, 7) is 11.5. The number of ether oxygens (including phenoxy) is 10. The number of hydrogen-bond donors (Lipinski definition) is 0. The minimum atomic E-state index is 0.413. The first kappa shape index (κ1) is 33.9. The summed E-state index contributed by atoms with van der Waals surface area (Å²) in [5.74, 6) is 2.79. The van der Waals surface area contributed by atoms with Gasteiger partial charge in [0.2, 0.25) is 0 Å². The van der Waals surface area contributed by atoms with Gasteiger partial charge in [0, 0.05) is 0 Å². The molecule has 0 N–H and O–H groups in total. The van der Waals surface area contributed by atoms with Gasteiger partial charge in [-0.15, -0.1) is 0 Å². The fourth-order valence-electron chi connectivity index (χ4n) is 3.93. The van der Waals surface area contributed by atoms with Crippen LogP contribution in [0.15, 0.2) is 36.4 Å². The lowest BCUT2D eigenvalue weighted by atomic mass is 10.1. The molecule has 1 heterocycles. The zero-order valence-electron chi connectivity index (χ0n) is 25.3. The molecule has 0 atom stereocenters. The molecule has 0 bridgehead atoms. The first-order chi connectivity index (χ1) is 20.8. The second kappa shape index (κ2) is 22.0. The smallest absolute Gasteiger partial charge is 0.161 e. The Morgan fingerprint density at radius 1 is 0.357 bits per heavy atom. The highest BCUT2D eigenvalue weighted by atomic mass is 16.6. The van der Waals surface area contributed by atoms with E-state index in [2.05, 4.69) is 13.8 Å². The van der Waals surface area contributed by atoms with Crippen molar-refractivity contribution in [1.82, 2.24) is 0 Å². The summed E-state index contributed by atoms with van der Waals surface area (Å²) in [6, 6.07) is 12.0. The number of aryl methyl sites for hydroxylation is 2. The van der Waals surface area contributed by atoms with Crippen molar-refractivity contribution in [3.05, 3.63) is 47.5 Å². The van der Waals surface area contributed by atoms with Crippen molar-refractivity contribution in [3.63, 3.8) is 0 Å². The summed E-state index contributed by atoms with van der Waals surface area (Å²) in [7, 11) is 0. The van der Waals surface area contributed by atoms with Gasteiger partial charge in [-0.25, -0.2) is 0 Å². The summed E-state index contributed by atoms with van der Waals surface area (Å²) in [5, 5.41) is 0. The zero-order chi connectivity index (χ0) is 29.5. The van der Waals surface area contributed by atoms with Gasteiger partial charge in [-0.3, -0.25) is 0 Å². The third-order valence-corrected chi connectivity index (χ3v) is 6.26. The summed E-state index contributed by atoms with van der Waals surface area (Å²) in [6.07, 6.45) is 1.83. The minimum absolute atomic E-state index is 0.413. The van der Waals surface area contributed by atoms with Crippen molar-refractivity contribution in [2.45, 2.75) is 26.7 Å². The van der Waals surface area contributed by atoms with Crippen LogP contribution >= 0.6 is 0 Å². The van der Waals surface area contributed by atoms with Crippen molar-refractivity contribution in [3.8, 4) is 23.0 Å². The van der Waals surface area contributed by atoms with Gasteiger partial charge in [-0.2, -0.15) is 0 Å². The molecule has 0 aromatic heterocycles. The van der Waals surface area contributed by atoms with E-state index in [-0.39, 0.29) is 0 Å². The maximum absolute atomic E-state index is 5.96. The lowest BCUT2D eigenvalue weighted by Crippen LogP contribution is -2.15. The van der Waals surface area contributed by atoms with Gasteiger partial charge in [0.15, 0.2) is 23.0 Å². The van der Waals surface area contributed by atoms with Crippen molar-refractivity contribution < 1.29 is 47.4 Å². The monoisotopic (exact) mass is 592 g/mol. The van der Waals surface area contributed by atoms with E-state index < -0.39 is 0 Å². The minimum Gasteiger partial charge on any atom is -0.487 e. The molecule has 0 aliphatic carbocycles. The molecule has 2 aromatic carbocycles. The fraction of sp³-hybridized carbons (Fsp3) is 0.625. The zero-order valence-corrected chi connectivity index (χ0v) is 25.3. The first-order valence-corrected chi connectivity index (χ1v) is 15.0. The topological polar surface area (TPSA) is 92.3 Å². The maximum Gasteiger partial charge on any atom is 0.161 e. The molecule has 10 nitrogen and oxygen atoms in total. The number of benzene rings is 2. The van der Waals surface area contributed by atoms with Crippen molar-refractivity contribution in [2.75, 3.05) is 106 Å².